The number of hydrogen-bond donors (Lipinski definition) is 1. The SMILES string of the molecule is CCNCc1cncc(Br)c1CC. The highest BCUT2D eigenvalue weighted by molar-refractivity contribution is 9.10. The number of pyridine rings is 1. The molecule has 72 valence electrons. The molecule has 1 heterocycles. The molecule has 1 rings (SSSR count). The maximum atomic E-state index is 4.16. The molecule has 0 bridgehead atoms. The zero-order chi connectivity index (χ0) is 9.68. The molecule has 0 aromatic carbocycles. The highest BCUT2D eigenvalue weighted by atomic mass is 79.9. The van der Waals surface area contributed by atoms with Gasteiger partial charge in [-0.2, -0.15) is 0 Å². The predicted octanol–water partition coefficient (Wildman–Crippen LogP) is 2.52. The van der Waals surface area contributed by atoms with Crippen molar-refractivity contribution in [1.29, 1.82) is 0 Å². The van der Waals surface area contributed by atoms with Crippen molar-refractivity contribution in [2.75, 3.05) is 6.54 Å². The molecule has 0 fully saturated rings. The van der Waals surface area contributed by atoms with E-state index in [0.717, 1.165) is 24.0 Å². The van der Waals surface area contributed by atoms with Crippen LogP contribution in [0.3, 0.4) is 0 Å². The second-order valence-corrected chi connectivity index (χ2v) is 3.75. The quantitative estimate of drug-likeness (QED) is 0.878. The molecule has 1 aromatic rings. The van der Waals surface area contributed by atoms with Crippen LogP contribution in [0.25, 0.3) is 0 Å². The molecule has 3 heteroatoms. The van der Waals surface area contributed by atoms with Crippen LogP contribution in [0.5, 0.6) is 0 Å². The van der Waals surface area contributed by atoms with Crippen molar-refractivity contribution in [3.05, 3.63) is 28.0 Å². The van der Waals surface area contributed by atoms with Gasteiger partial charge < -0.3 is 5.32 Å². The van der Waals surface area contributed by atoms with Gasteiger partial charge in [-0.25, -0.2) is 0 Å². The van der Waals surface area contributed by atoms with Crippen molar-refractivity contribution in [2.24, 2.45) is 0 Å². The monoisotopic (exact) mass is 242 g/mol. The molecule has 0 atom stereocenters. The summed E-state index contributed by atoms with van der Waals surface area (Å²) in [6.45, 7) is 6.17. The summed E-state index contributed by atoms with van der Waals surface area (Å²) in [5.74, 6) is 0. The Kier molecular flexibility index (Phi) is 4.39. The molecule has 0 saturated carbocycles. The van der Waals surface area contributed by atoms with Crippen LogP contribution >= 0.6 is 15.9 Å². The fourth-order valence-corrected chi connectivity index (χ4v) is 1.96. The van der Waals surface area contributed by atoms with Crippen LogP contribution in [0.15, 0.2) is 16.9 Å². The van der Waals surface area contributed by atoms with Crippen LogP contribution in [-0.4, -0.2) is 11.5 Å². The number of rotatable bonds is 4. The van der Waals surface area contributed by atoms with Crippen LogP contribution in [0, 0.1) is 0 Å². The smallest absolute Gasteiger partial charge is 0.0413 e. The van der Waals surface area contributed by atoms with Crippen LogP contribution in [0.4, 0.5) is 0 Å². The van der Waals surface area contributed by atoms with E-state index in [9.17, 15) is 0 Å². The second kappa shape index (κ2) is 5.35. The third-order valence-corrected chi connectivity index (χ3v) is 2.70. The summed E-state index contributed by atoms with van der Waals surface area (Å²) in [6.07, 6.45) is 4.84. The topological polar surface area (TPSA) is 24.9 Å². The summed E-state index contributed by atoms with van der Waals surface area (Å²) in [4.78, 5) is 4.16. The predicted molar refractivity (Wildman–Crippen MR) is 58.7 cm³/mol. The van der Waals surface area contributed by atoms with E-state index in [-0.39, 0.29) is 0 Å². The lowest BCUT2D eigenvalue weighted by atomic mass is 10.1. The average molecular weight is 243 g/mol. The number of hydrogen-bond acceptors (Lipinski definition) is 2. The van der Waals surface area contributed by atoms with Gasteiger partial charge in [-0.15, -0.1) is 0 Å². The Bertz CT molecular complexity index is 274. The normalized spacial score (nSPS) is 10.4. The molecule has 0 spiro atoms. The fraction of sp³-hybridized carbons (Fsp3) is 0.500. The minimum Gasteiger partial charge on any atom is -0.313 e. The van der Waals surface area contributed by atoms with E-state index in [1.165, 1.54) is 11.1 Å². The number of nitrogens with one attached hydrogen (secondary N) is 1. The van der Waals surface area contributed by atoms with Gasteiger partial charge in [-0.1, -0.05) is 13.8 Å². The van der Waals surface area contributed by atoms with Gasteiger partial charge in [0.2, 0.25) is 0 Å². The Morgan fingerprint density at radius 1 is 1.38 bits per heavy atom. The van der Waals surface area contributed by atoms with Crippen LogP contribution in [-0.2, 0) is 13.0 Å². The summed E-state index contributed by atoms with van der Waals surface area (Å²) >= 11 is 3.51. The van der Waals surface area contributed by atoms with Crippen LogP contribution in [0.2, 0.25) is 0 Å². The molecular formula is C10H15BrN2. The van der Waals surface area contributed by atoms with Gasteiger partial charge in [0.15, 0.2) is 0 Å². The van der Waals surface area contributed by atoms with Gasteiger partial charge in [0.1, 0.15) is 0 Å². The molecule has 2 nitrogen and oxygen atoms in total. The fourth-order valence-electron chi connectivity index (χ4n) is 1.31. The zero-order valence-electron chi connectivity index (χ0n) is 8.10. The van der Waals surface area contributed by atoms with Crippen molar-refractivity contribution >= 4 is 15.9 Å². The maximum absolute atomic E-state index is 4.16. The van der Waals surface area contributed by atoms with E-state index in [4.69, 9.17) is 0 Å². The number of nitrogens with zero attached hydrogens (tertiary/aromatic N) is 1. The average Bonchev–Trinajstić information content (AvgIpc) is 2.15. The molecule has 1 N–H and O–H groups in total. The Labute approximate surface area is 87.9 Å². The molecular weight excluding hydrogens is 228 g/mol. The highest BCUT2D eigenvalue weighted by Crippen LogP contribution is 2.19. The van der Waals surface area contributed by atoms with E-state index in [1.807, 2.05) is 12.4 Å². The molecule has 0 radical (unpaired) electrons. The van der Waals surface area contributed by atoms with E-state index in [1.54, 1.807) is 0 Å². The molecule has 0 amide bonds. The standard InChI is InChI=1S/C10H15BrN2/c1-3-9-8(5-12-4-2)6-13-7-10(9)11/h6-7,12H,3-5H2,1-2H3. The Morgan fingerprint density at radius 3 is 2.77 bits per heavy atom. The number of aromatic nitrogens is 1. The van der Waals surface area contributed by atoms with Crippen LogP contribution in [0.1, 0.15) is 25.0 Å². The summed E-state index contributed by atoms with van der Waals surface area (Å²) in [7, 11) is 0. The van der Waals surface area contributed by atoms with Crippen molar-refractivity contribution in [1.82, 2.24) is 10.3 Å². The molecule has 0 aliphatic heterocycles. The van der Waals surface area contributed by atoms with Gasteiger partial charge in [-0.3, -0.25) is 4.98 Å². The first-order valence-corrected chi connectivity index (χ1v) is 5.40. The zero-order valence-corrected chi connectivity index (χ0v) is 9.69. The van der Waals surface area contributed by atoms with Crippen molar-refractivity contribution in [3.8, 4) is 0 Å². The minimum absolute atomic E-state index is 0.909. The van der Waals surface area contributed by atoms with E-state index in [0.29, 0.717) is 0 Å². The lowest BCUT2D eigenvalue weighted by Crippen LogP contribution is -2.13. The van der Waals surface area contributed by atoms with Gasteiger partial charge in [0.25, 0.3) is 0 Å². The summed E-state index contributed by atoms with van der Waals surface area (Å²) in [6, 6.07) is 0. The Hall–Kier alpha value is -0.410. The van der Waals surface area contributed by atoms with Gasteiger partial charge in [0, 0.05) is 23.4 Å². The van der Waals surface area contributed by atoms with Crippen LogP contribution < -0.4 is 5.32 Å². The summed E-state index contributed by atoms with van der Waals surface area (Å²) in [5.41, 5.74) is 2.65. The van der Waals surface area contributed by atoms with E-state index in [2.05, 4.69) is 40.1 Å². The first-order chi connectivity index (χ1) is 6.29. The third kappa shape index (κ3) is 2.78. The Morgan fingerprint density at radius 2 is 2.15 bits per heavy atom. The largest absolute Gasteiger partial charge is 0.313 e. The van der Waals surface area contributed by atoms with E-state index < -0.39 is 0 Å². The number of halogens is 1. The summed E-state index contributed by atoms with van der Waals surface area (Å²) < 4.78 is 1.12. The molecule has 13 heavy (non-hydrogen) atoms. The molecule has 0 aliphatic carbocycles. The van der Waals surface area contributed by atoms with Gasteiger partial charge in [0.05, 0.1) is 0 Å². The first kappa shape index (κ1) is 10.7. The van der Waals surface area contributed by atoms with Gasteiger partial charge in [-0.05, 0) is 40.0 Å². The molecule has 0 saturated heterocycles. The highest BCUT2D eigenvalue weighted by Gasteiger charge is 2.03. The maximum Gasteiger partial charge on any atom is 0.0413 e. The van der Waals surface area contributed by atoms with E-state index >= 15 is 0 Å². The third-order valence-electron chi connectivity index (χ3n) is 2.01. The Balaban J connectivity index is 2.85. The van der Waals surface area contributed by atoms with Crippen molar-refractivity contribution in [2.45, 2.75) is 26.8 Å². The lowest BCUT2D eigenvalue weighted by molar-refractivity contribution is 0.717. The lowest BCUT2D eigenvalue weighted by Gasteiger charge is -2.08. The molecule has 1 aromatic heterocycles. The van der Waals surface area contributed by atoms with Crippen molar-refractivity contribution < 1.29 is 0 Å². The molecule has 0 unspecified atom stereocenters. The summed E-state index contributed by atoms with van der Waals surface area (Å²) in [5, 5.41) is 3.31. The van der Waals surface area contributed by atoms with Crippen molar-refractivity contribution in [3.63, 3.8) is 0 Å². The first-order valence-electron chi connectivity index (χ1n) is 4.61. The minimum atomic E-state index is 0.909. The van der Waals surface area contributed by atoms with Gasteiger partial charge >= 0.3 is 0 Å². The molecule has 0 aliphatic rings. The second-order valence-electron chi connectivity index (χ2n) is 2.89.